The molecule has 33 heavy (non-hydrogen) atoms. The van der Waals surface area contributed by atoms with E-state index in [0.717, 1.165) is 33.4 Å². The number of hydrogen-bond donors (Lipinski definition) is 0. The van der Waals surface area contributed by atoms with Gasteiger partial charge in [0, 0.05) is 5.39 Å². The lowest BCUT2D eigenvalue weighted by Crippen LogP contribution is -2.16. The van der Waals surface area contributed by atoms with E-state index >= 15 is 0 Å². The Balaban J connectivity index is 1.46. The van der Waals surface area contributed by atoms with Crippen LogP contribution in [0.5, 0.6) is 0 Å². The molecule has 0 amide bonds. The first kappa shape index (κ1) is 22.0. The summed E-state index contributed by atoms with van der Waals surface area (Å²) in [6.07, 6.45) is 0.590. The molecule has 2 heterocycles. The van der Waals surface area contributed by atoms with Crippen molar-refractivity contribution in [2.75, 3.05) is 0 Å². The van der Waals surface area contributed by atoms with Crippen molar-refractivity contribution in [1.29, 1.82) is 0 Å². The molecule has 0 atom stereocenters. The number of carbonyl (C=O) groups is 3. The zero-order chi connectivity index (χ0) is 23.5. The summed E-state index contributed by atoms with van der Waals surface area (Å²) in [5.41, 5.74) is 5.87. The number of carbonyl (C=O) groups excluding carboxylic acids is 3. The van der Waals surface area contributed by atoms with Gasteiger partial charge in [-0.1, -0.05) is 24.3 Å². The van der Waals surface area contributed by atoms with E-state index in [1.165, 1.54) is 0 Å². The molecule has 0 aliphatic rings. The summed E-state index contributed by atoms with van der Waals surface area (Å²) in [6.45, 7) is 5.44. The van der Waals surface area contributed by atoms with E-state index in [1.54, 1.807) is 37.3 Å². The highest BCUT2D eigenvalue weighted by Crippen LogP contribution is 2.24. The summed E-state index contributed by atoms with van der Waals surface area (Å²) in [6, 6.07) is 16.0. The second kappa shape index (κ2) is 9.08. The number of hydrogen-bond acceptors (Lipinski definition) is 7. The highest BCUT2D eigenvalue weighted by atomic mass is 16.6. The number of fused-ring (bicyclic) bond motifs is 1. The van der Waals surface area contributed by atoms with E-state index in [-0.39, 0.29) is 12.0 Å². The highest BCUT2D eigenvalue weighted by molar-refractivity contribution is 5.97. The zero-order valence-electron chi connectivity index (χ0n) is 18.5. The first-order valence-corrected chi connectivity index (χ1v) is 10.4. The van der Waals surface area contributed by atoms with Crippen LogP contribution < -0.4 is 0 Å². The molecular formula is C26H21N3O4. The summed E-state index contributed by atoms with van der Waals surface area (Å²) in [4.78, 5) is 48.6. The molecule has 7 nitrogen and oxygen atoms in total. The summed E-state index contributed by atoms with van der Waals surface area (Å²) in [7, 11) is 0. The first-order chi connectivity index (χ1) is 15.8. The molecule has 0 radical (unpaired) electrons. The van der Waals surface area contributed by atoms with Crippen LogP contribution in [-0.2, 0) is 16.0 Å². The molecule has 0 saturated heterocycles. The quantitative estimate of drug-likeness (QED) is 0.259. The average molecular weight is 439 g/mol. The second-order valence-electron chi connectivity index (χ2n) is 7.70. The average Bonchev–Trinajstić information content (AvgIpc) is 2.81. The minimum atomic E-state index is -0.718. The predicted octanol–water partition coefficient (Wildman–Crippen LogP) is 4.36. The molecule has 164 valence electrons. The summed E-state index contributed by atoms with van der Waals surface area (Å²) < 4.78 is 5.01. The van der Waals surface area contributed by atoms with E-state index in [1.807, 2.05) is 38.1 Å². The van der Waals surface area contributed by atoms with Crippen LogP contribution in [0.1, 0.15) is 43.6 Å². The van der Waals surface area contributed by atoms with Crippen LogP contribution in [0.2, 0.25) is 0 Å². The van der Waals surface area contributed by atoms with E-state index < -0.39 is 11.9 Å². The Morgan fingerprint density at radius 2 is 1.52 bits per heavy atom. The van der Waals surface area contributed by atoms with Crippen molar-refractivity contribution >= 4 is 29.1 Å². The van der Waals surface area contributed by atoms with E-state index in [2.05, 4.69) is 15.0 Å². The molecule has 0 bridgehead atoms. The largest absolute Gasteiger partial charge is 0.389 e. The minimum Gasteiger partial charge on any atom is -0.389 e. The molecular weight excluding hydrogens is 418 g/mol. The minimum absolute atomic E-state index is 0.124. The number of aryl methyl sites for hydroxylation is 3. The van der Waals surface area contributed by atoms with Crippen molar-refractivity contribution in [2.45, 2.75) is 27.2 Å². The third-order valence-corrected chi connectivity index (χ3v) is 5.38. The van der Waals surface area contributed by atoms with Crippen LogP contribution in [0.3, 0.4) is 0 Å². The number of nitrogens with zero attached hydrogens (tertiary/aromatic N) is 3. The standard InChI is InChI=1S/C26H21N3O4/c1-15-16(2)28-24(17(3)27-15)13-25(31)33-26(32)19-6-4-18(5-7-19)20-9-11-23-21(12-20)8-10-22(14-30)29-23/h4-12,14H,13H2,1-3H3. The molecule has 4 aromatic rings. The third kappa shape index (κ3) is 4.82. The number of aromatic nitrogens is 3. The Kier molecular flexibility index (Phi) is 6.04. The lowest BCUT2D eigenvalue weighted by Gasteiger charge is -2.08. The SMILES string of the molecule is Cc1nc(C)c(CC(=O)OC(=O)c2ccc(-c3ccc4nc(C=O)ccc4c3)cc2)nc1C. The van der Waals surface area contributed by atoms with Gasteiger partial charge in [-0.3, -0.25) is 19.6 Å². The molecule has 0 spiro atoms. The molecule has 2 aromatic heterocycles. The summed E-state index contributed by atoms with van der Waals surface area (Å²) >= 11 is 0. The Morgan fingerprint density at radius 1 is 0.818 bits per heavy atom. The van der Waals surface area contributed by atoms with Gasteiger partial charge >= 0.3 is 11.9 Å². The van der Waals surface area contributed by atoms with Gasteiger partial charge in [-0.2, -0.15) is 0 Å². The maximum atomic E-state index is 12.4. The third-order valence-electron chi connectivity index (χ3n) is 5.38. The summed E-state index contributed by atoms with van der Waals surface area (Å²) in [5, 5.41) is 0.900. The molecule has 4 rings (SSSR count). The smallest absolute Gasteiger partial charge is 0.345 e. The molecule has 0 unspecified atom stereocenters. The van der Waals surface area contributed by atoms with Gasteiger partial charge in [0.05, 0.1) is 40.3 Å². The maximum Gasteiger partial charge on any atom is 0.345 e. The van der Waals surface area contributed by atoms with Crippen molar-refractivity contribution < 1.29 is 19.1 Å². The molecule has 2 aromatic carbocycles. The Morgan fingerprint density at radius 3 is 2.24 bits per heavy atom. The van der Waals surface area contributed by atoms with Gasteiger partial charge in [0.15, 0.2) is 6.29 Å². The number of ether oxygens (including phenoxy) is 1. The maximum absolute atomic E-state index is 12.4. The number of aldehydes is 1. The second-order valence-corrected chi connectivity index (χ2v) is 7.70. The van der Waals surface area contributed by atoms with Crippen LogP contribution in [0, 0.1) is 20.8 Å². The molecule has 0 aliphatic heterocycles. The van der Waals surface area contributed by atoms with Gasteiger partial charge in [-0.05, 0) is 62.2 Å². The van der Waals surface area contributed by atoms with Crippen molar-refractivity contribution in [2.24, 2.45) is 0 Å². The van der Waals surface area contributed by atoms with Crippen molar-refractivity contribution in [3.05, 3.63) is 88.6 Å². The van der Waals surface area contributed by atoms with Crippen LogP contribution in [0.4, 0.5) is 0 Å². The molecule has 0 N–H and O–H groups in total. The molecule has 0 aliphatic carbocycles. The molecule has 7 heteroatoms. The van der Waals surface area contributed by atoms with E-state index in [0.29, 0.717) is 23.4 Å². The van der Waals surface area contributed by atoms with Gasteiger partial charge in [0.25, 0.3) is 0 Å². The van der Waals surface area contributed by atoms with Crippen LogP contribution in [0.15, 0.2) is 54.6 Å². The Hall–Kier alpha value is -4.26. The van der Waals surface area contributed by atoms with Gasteiger partial charge < -0.3 is 4.74 Å². The van der Waals surface area contributed by atoms with Crippen molar-refractivity contribution in [1.82, 2.24) is 15.0 Å². The predicted molar refractivity (Wildman–Crippen MR) is 123 cm³/mol. The number of benzene rings is 2. The van der Waals surface area contributed by atoms with Crippen LogP contribution in [-0.4, -0.2) is 33.2 Å². The van der Waals surface area contributed by atoms with Gasteiger partial charge in [-0.25, -0.2) is 9.78 Å². The molecule has 0 fully saturated rings. The van der Waals surface area contributed by atoms with Crippen LogP contribution in [0.25, 0.3) is 22.0 Å². The number of rotatable bonds is 5. The first-order valence-electron chi connectivity index (χ1n) is 10.4. The number of pyridine rings is 1. The van der Waals surface area contributed by atoms with Gasteiger partial charge in [-0.15, -0.1) is 0 Å². The Labute approximate surface area is 190 Å². The van der Waals surface area contributed by atoms with Gasteiger partial charge in [0.2, 0.25) is 0 Å². The lowest BCUT2D eigenvalue weighted by molar-refractivity contribution is -0.137. The normalized spacial score (nSPS) is 10.8. The van der Waals surface area contributed by atoms with E-state index in [9.17, 15) is 14.4 Å². The number of esters is 2. The topological polar surface area (TPSA) is 99.1 Å². The fraction of sp³-hybridized carbons (Fsp3) is 0.154. The lowest BCUT2D eigenvalue weighted by atomic mass is 10.0. The highest BCUT2D eigenvalue weighted by Gasteiger charge is 2.17. The van der Waals surface area contributed by atoms with Crippen molar-refractivity contribution in [3.8, 4) is 11.1 Å². The van der Waals surface area contributed by atoms with Crippen molar-refractivity contribution in [3.63, 3.8) is 0 Å². The fourth-order valence-corrected chi connectivity index (χ4v) is 3.45. The fourth-order valence-electron chi connectivity index (χ4n) is 3.45. The Bertz CT molecular complexity index is 1400. The summed E-state index contributed by atoms with van der Waals surface area (Å²) in [5.74, 6) is -1.40. The zero-order valence-corrected chi connectivity index (χ0v) is 18.5. The van der Waals surface area contributed by atoms with E-state index in [4.69, 9.17) is 4.74 Å². The van der Waals surface area contributed by atoms with Gasteiger partial charge in [0.1, 0.15) is 5.69 Å². The molecule has 0 saturated carbocycles. The monoisotopic (exact) mass is 439 g/mol. The van der Waals surface area contributed by atoms with Crippen LogP contribution >= 0.6 is 0 Å².